The van der Waals surface area contributed by atoms with Gasteiger partial charge in [0.1, 0.15) is 5.75 Å². The first-order valence-electron chi connectivity index (χ1n) is 6.84. The van der Waals surface area contributed by atoms with Gasteiger partial charge in [0.15, 0.2) is 0 Å². The minimum absolute atomic E-state index is 0.309. The summed E-state index contributed by atoms with van der Waals surface area (Å²) in [5, 5.41) is 8.06. The summed E-state index contributed by atoms with van der Waals surface area (Å²) in [5.41, 5.74) is 1.20. The number of hydrogen-bond acceptors (Lipinski definition) is 3. The van der Waals surface area contributed by atoms with Gasteiger partial charge in [-0.1, -0.05) is 19.9 Å². The SMILES string of the molecule is COc1cccc(N2CCN(C(=N)C(C)C)CC2)c1. The molecule has 0 spiro atoms. The smallest absolute Gasteiger partial charge is 0.120 e. The van der Waals surface area contributed by atoms with Crippen LogP contribution in [0.25, 0.3) is 0 Å². The van der Waals surface area contributed by atoms with Crippen molar-refractivity contribution in [3.8, 4) is 5.75 Å². The maximum Gasteiger partial charge on any atom is 0.120 e. The van der Waals surface area contributed by atoms with Gasteiger partial charge < -0.3 is 14.5 Å². The van der Waals surface area contributed by atoms with Crippen molar-refractivity contribution in [1.82, 2.24) is 4.90 Å². The third-order valence-electron chi connectivity index (χ3n) is 3.59. The third-order valence-corrected chi connectivity index (χ3v) is 3.59. The first-order chi connectivity index (χ1) is 9.11. The number of methoxy groups -OCH3 is 1. The van der Waals surface area contributed by atoms with Crippen LogP contribution in [0.3, 0.4) is 0 Å². The molecule has 4 nitrogen and oxygen atoms in total. The van der Waals surface area contributed by atoms with E-state index in [0.717, 1.165) is 37.8 Å². The van der Waals surface area contributed by atoms with Crippen LogP contribution in [0.2, 0.25) is 0 Å². The van der Waals surface area contributed by atoms with Crippen LogP contribution < -0.4 is 9.64 Å². The largest absolute Gasteiger partial charge is 0.497 e. The number of nitrogens with zero attached hydrogens (tertiary/aromatic N) is 2. The average Bonchev–Trinajstić information content (AvgIpc) is 2.46. The van der Waals surface area contributed by atoms with Crippen LogP contribution in [0.4, 0.5) is 5.69 Å². The molecule has 1 aliphatic heterocycles. The molecule has 1 saturated heterocycles. The lowest BCUT2D eigenvalue weighted by molar-refractivity contribution is 0.367. The molecule has 0 unspecified atom stereocenters. The van der Waals surface area contributed by atoms with Gasteiger partial charge in [0.05, 0.1) is 12.9 Å². The second-order valence-corrected chi connectivity index (χ2v) is 5.22. The normalized spacial score (nSPS) is 15.8. The third kappa shape index (κ3) is 3.19. The van der Waals surface area contributed by atoms with Crippen LogP contribution in [-0.4, -0.2) is 44.0 Å². The minimum Gasteiger partial charge on any atom is -0.497 e. The minimum atomic E-state index is 0.309. The monoisotopic (exact) mass is 261 g/mol. The van der Waals surface area contributed by atoms with E-state index < -0.39 is 0 Å². The molecule has 1 aliphatic rings. The van der Waals surface area contributed by atoms with Gasteiger partial charge in [-0.25, -0.2) is 0 Å². The molecule has 2 rings (SSSR count). The Kier molecular flexibility index (Phi) is 4.30. The van der Waals surface area contributed by atoms with Crippen molar-refractivity contribution >= 4 is 11.5 Å². The predicted octanol–water partition coefficient (Wildman–Crippen LogP) is 2.45. The first kappa shape index (κ1) is 13.7. The summed E-state index contributed by atoms with van der Waals surface area (Å²) >= 11 is 0. The molecule has 4 heteroatoms. The lowest BCUT2D eigenvalue weighted by Crippen LogP contribution is -2.49. The van der Waals surface area contributed by atoms with Crippen LogP contribution in [-0.2, 0) is 0 Å². The highest BCUT2D eigenvalue weighted by atomic mass is 16.5. The molecule has 104 valence electrons. The van der Waals surface area contributed by atoms with Crippen LogP contribution in [0, 0.1) is 11.3 Å². The molecule has 1 fully saturated rings. The molecule has 1 aromatic carbocycles. The van der Waals surface area contributed by atoms with Gasteiger partial charge in [-0.15, -0.1) is 0 Å². The number of amidine groups is 1. The van der Waals surface area contributed by atoms with Gasteiger partial charge in [-0.05, 0) is 12.1 Å². The summed E-state index contributed by atoms with van der Waals surface area (Å²) in [6.07, 6.45) is 0. The van der Waals surface area contributed by atoms with Crippen LogP contribution >= 0.6 is 0 Å². The quantitative estimate of drug-likeness (QED) is 0.671. The van der Waals surface area contributed by atoms with Gasteiger partial charge in [0.2, 0.25) is 0 Å². The lowest BCUT2D eigenvalue weighted by atomic mass is 10.1. The molecule has 1 heterocycles. The second-order valence-electron chi connectivity index (χ2n) is 5.22. The molecular formula is C15H23N3O. The molecule has 0 saturated carbocycles. The van der Waals surface area contributed by atoms with Crippen LogP contribution in [0.1, 0.15) is 13.8 Å². The van der Waals surface area contributed by atoms with E-state index in [-0.39, 0.29) is 0 Å². The van der Waals surface area contributed by atoms with E-state index in [0.29, 0.717) is 5.92 Å². The fraction of sp³-hybridized carbons (Fsp3) is 0.533. The van der Waals surface area contributed by atoms with Gasteiger partial charge in [-0.2, -0.15) is 0 Å². The Balaban J connectivity index is 1.97. The molecule has 0 bridgehead atoms. The predicted molar refractivity (Wildman–Crippen MR) is 79.3 cm³/mol. The molecule has 0 atom stereocenters. The Morgan fingerprint density at radius 2 is 1.89 bits per heavy atom. The molecule has 1 N–H and O–H groups in total. The van der Waals surface area contributed by atoms with Crippen LogP contribution in [0.15, 0.2) is 24.3 Å². The van der Waals surface area contributed by atoms with Crippen LogP contribution in [0.5, 0.6) is 5.75 Å². The summed E-state index contributed by atoms with van der Waals surface area (Å²) in [6, 6.07) is 8.18. The van der Waals surface area contributed by atoms with E-state index in [4.69, 9.17) is 10.1 Å². The van der Waals surface area contributed by atoms with E-state index in [1.54, 1.807) is 7.11 Å². The highest BCUT2D eigenvalue weighted by molar-refractivity contribution is 5.81. The highest BCUT2D eigenvalue weighted by Crippen LogP contribution is 2.22. The molecule has 0 aliphatic carbocycles. The van der Waals surface area contributed by atoms with Crippen molar-refractivity contribution in [1.29, 1.82) is 5.41 Å². The van der Waals surface area contributed by atoms with E-state index in [9.17, 15) is 0 Å². The maximum atomic E-state index is 8.06. The average molecular weight is 261 g/mol. The first-order valence-corrected chi connectivity index (χ1v) is 6.84. The topological polar surface area (TPSA) is 39.6 Å². The number of piperazine rings is 1. The summed E-state index contributed by atoms with van der Waals surface area (Å²) in [7, 11) is 1.70. The van der Waals surface area contributed by atoms with Gasteiger partial charge >= 0.3 is 0 Å². The zero-order chi connectivity index (χ0) is 13.8. The van der Waals surface area contributed by atoms with E-state index >= 15 is 0 Å². The van der Waals surface area contributed by atoms with Crippen molar-refractivity contribution in [2.24, 2.45) is 5.92 Å². The molecule has 0 radical (unpaired) electrons. The zero-order valence-electron chi connectivity index (χ0n) is 12.0. The summed E-state index contributed by atoms with van der Waals surface area (Å²) < 4.78 is 5.27. The van der Waals surface area contributed by atoms with Crippen molar-refractivity contribution in [3.05, 3.63) is 24.3 Å². The van der Waals surface area contributed by atoms with Gasteiger partial charge in [0, 0.05) is 43.9 Å². The van der Waals surface area contributed by atoms with Gasteiger partial charge in [-0.3, -0.25) is 5.41 Å². The Labute approximate surface area is 115 Å². The van der Waals surface area contributed by atoms with Gasteiger partial charge in [0.25, 0.3) is 0 Å². The number of nitrogens with one attached hydrogen (secondary N) is 1. The number of anilines is 1. The number of ether oxygens (including phenoxy) is 1. The summed E-state index contributed by atoms with van der Waals surface area (Å²) in [5.74, 6) is 1.96. The van der Waals surface area contributed by atoms with Crippen molar-refractivity contribution in [3.63, 3.8) is 0 Å². The van der Waals surface area contributed by atoms with Crippen molar-refractivity contribution in [2.45, 2.75) is 13.8 Å². The van der Waals surface area contributed by atoms with Crippen molar-refractivity contribution < 1.29 is 4.74 Å². The fourth-order valence-electron chi connectivity index (χ4n) is 2.38. The summed E-state index contributed by atoms with van der Waals surface area (Å²) in [6.45, 7) is 7.93. The molecule has 0 aromatic heterocycles. The number of hydrogen-bond donors (Lipinski definition) is 1. The molecule has 0 amide bonds. The molecule has 1 aromatic rings. The number of benzene rings is 1. The number of rotatable bonds is 3. The summed E-state index contributed by atoms with van der Waals surface area (Å²) in [4.78, 5) is 4.54. The lowest BCUT2D eigenvalue weighted by Gasteiger charge is -2.38. The fourth-order valence-corrected chi connectivity index (χ4v) is 2.38. The maximum absolute atomic E-state index is 8.06. The van der Waals surface area contributed by atoms with Crippen molar-refractivity contribution in [2.75, 3.05) is 38.2 Å². The Hall–Kier alpha value is -1.71. The Bertz CT molecular complexity index is 437. The second kappa shape index (κ2) is 5.95. The van der Waals surface area contributed by atoms with E-state index in [1.165, 1.54) is 5.69 Å². The molecular weight excluding hydrogens is 238 g/mol. The highest BCUT2D eigenvalue weighted by Gasteiger charge is 2.20. The Morgan fingerprint density at radius 3 is 2.47 bits per heavy atom. The van der Waals surface area contributed by atoms with E-state index in [2.05, 4.69) is 35.8 Å². The standard InChI is InChI=1S/C15H23N3O/c1-12(2)15(16)18-9-7-17(8-10-18)13-5-4-6-14(11-13)19-3/h4-6,11-12,16H,7-10H2,1-3H3. The Morgan fingerprint density at radius 1 is 1.21 bits per heavy atom. The van der Waals surface area contributed by atoms with E-state index in [1.807, 2.05) is 12.1 Å². The zero-order valence-corrected chi connectivity index (χ0v) is 12.0. The molecule has 19 heavy (non-hydrogen) atoms.